The van der Waals surface area contributed by atoms with Gasteiger partial charge in [-0.25, -0.2) is 4.39 Å². The van der Waals surface area contributed by atoms with Crippen LogP contribution in [0.1, 0.15) is 53.6 Å². The summed E-state index contributed by atoms with van der Waals surface area (Å²) < 4.78 is 13.2. The molecule has 2 aromatic rings. The summed E-state index contributed by atoms with van der Waals surface area (Å²) in [5, 5.41) is 15.5. The summed E-state index contributed by atoms with van der Waals surface area (Å²) in [6.45, 7) is 6.82. The Hall–Kier alpha value is -3.28. The number of amides is 2. The SMILES string of the molecule is CCN1CCN(C(=O)[C@H](CCCN[C@@H]2C[C@H]2c2ccc(F)cc2)NC(=O)c2ccc(C#N)cc2)CC1. The van der Waals surface area contributed by atoms with Crippen molar-refractivity contribution in [3.05, 3.63) is 71.0 Å². The summed E-state index contributed by atoms with van der Waals surface area (Å²) in [4.78, 5) is 30.4. The average molecular weight is 492 g/mol. The topological polar surface area (TPSA) is 88.5 Å². The minimum absolute atomic E-state index is 0.0386. The van der Waals surface area contributed by atoms with E-state index in [1.165, 1.54) is 12.1 Å². The maximum atomic E-state index is 13.4. The Balaban J connectivity index is 1.31. The van der Waals surface area contributed by atoms with Crippen LogP contribution in [0, 0.1) is 17.1 Å². The molecule has 4 rings (SSSR count). The predicted octanol–water partition coefficient (Wildman–Crippen LogP) is 2.89. The fraction of sp³-hybridized carbons (Fsp3) is 0.464. The lowest BCUT2D eigenvalue weighted by Crippen LogP contribution is -2.55. The third-order valence-electron chi connectivity index (χ3n) is 7.18. The number of hydrogen-bond donors (Lipinski definition) is 2. The number of carbonyl (C=O) groups is 2. The zero-order valence-electron chi connectivity index (χ0n) is 20.8. The molecule has 0 bridgehead atoms. The molecule has 2 fully saturated rings. The average Bonchev–Trinajstić information content (AvgIpc) is 3.70. The number of rotatable bonds is 10. The second-order valence-electron chi connectivity index (χ2n) is 9.57. The molecule has 190 valence electrons. The minimum atomic E-state index is -0.602. The molecule has 1 aliphatic carbocycles. The Bertz CT molecular complexity index is 1070. The van der Waals surface area contributed by atoms with Crippen LogP contribution in [0.4, 0.5) is 4.39 Å². The molecule has 2 amide bonds. The number of nitrogens with zero attached hydrogens (tertiary/aromatic N) is 3. The Morgan fingerprint density at radius 3 is 2.42 bits per heavy atom. The third-order valence-corrected chi connectivity index (χ3v) is 7.18. The molecule has 0 unspecified atom stereocenters. The van der Waals surface area contributed by atoms with E-state index in [2.05, 4.69) is 22.5 Å². The smallest absolute Gasteiger partial charge is 0.251 e. The van der Waals surface area contributed by atoms with Gasteiger partial charge in [0.2, 0.25) is 5.91 Å². The van der Waals surface area contributed by atoms with Crippen LogP contribution < -0.4 is 10.6 Å². The van der Waals surface area contributed by atoms with Crippen LogP contribution in [0.5, 0.6) is 0 Å². The van der Waals surface area contributed by atoms with Gasteiger partial charge in [0, 0.05) is 43.7 Å². The molecular formula is C28H34FN5O2. The highest BCUT2D eigenvalue weighted by molar-refractivity contribution is 5.97. The Morgan fingerprint density at radius 2 is 1.78 bits per heavy atom. The summed E-state index contributed by atoms with van der Waals surface area (Å²) in [6, 6.07) is 14.9. The van der Waals surface area contributed by atoms with Crippen molar-refractivity contribution >= 4 is 11.8 Å². The number of piperazine rings is 1. The van der Waals surface area contributed by atoms with Gasteiger partial charge in [0.15, 0.2) is 0 Å². The first-order valence-corrected chi connectivity index (χ1v) is 12.8. The van der Waals surface area contributed by atoms with Gasteiger partial charge in [-0.05, 0) is 74.3 Å². The molecule has 0 aromatic heterocycles. The van der Waals surface area contributed by atoms with Gasteiger partial charge in [-0.15, -0.1) is 0 Å². The van der Waals surface area contributed by atoms with Crippen LogP contribution in [-0.4, -0.2) is 73.0 Å². The maximum Gasteiger partial charge on any atom is 0.251 e. The zero-order chi connectivity index (χ0) is 25.5. The van der Waals surface area contributed by atoms with Crippen molar-refractivity contribution in [2.24, 2.45) is 0 Å². The summed E-state index contributed by atoms with van der Waals surface area (Å²) >= 11 is 0. The van der Waals surface area contributed by atoms with Gasteiger partial charge in [-0.3, -0.25) is 9.59 Å². The van der Waals surface area contributed by atoms with Crippen LogP contribution in [0.2, 0.25) is 0 Å². The first-order valence-electron chi connectivity index (χ1n) is 12.8. The third kappa shape index (κ3) is 6.68. The van der Waals surface area contributed by atoms with E-state index in [1.54, 1.807) is 24.3 Å². The van der Waals surface area contributed by atoms with E-state index in [9.17, 15) is 14.0 Å². The van der Waals surface area contributed by atoms with E-state index < -0.39 is 6.04 Å². The standard InChI is InChI=1S/C28H34FN5O2/c1-2-33-14-16-34(17-15-33)28(36)25(32-27(35)22-7-5-20(19-30)6-8-22)4-3-13-31-26-18-24(26)21-9-11-23(29)12-10-21/h5-12,24-26,31H,2-4,13-18H2,1H3,(H,32,35)/t24-,25-,26+/m0/s1. The van der Waals surface area contributed by atoms with Crippen LogP contribution >= 0.6 is 0 Å². The fourth-order valence-electron chi connectivity index (χ4n) is 4.79. The van der Waals surface area contributed by atoms with Gasteiger partial charge in [0.05, 0.1) is 11.6 Å². The van der Waals surface area contributed by atoms with E-state index in [0.29, 0.717) is 42.6 Å². The molecule has 1 aliphatic heterocycles. The van der Waals surface area contributed by atoms with Gasteiger partial charge < -0.3 is 20.4 Å². The number of nitriles is 1. The van der Waals surface area contributed by atoms with Crippen LogP contribution in [0.3, 0.4) is 0 Å². The van der Waals surface area contributed by atoms with Gasteiger partial charge in [-0.1, -0.05) is 19.1 Å². The summed E-state index contributed by atoms with van der Waals surface area (Å²) in [5.74, 6) is -0.173. The molecule has 1 heterocycles. The highest BCUT2D eigenvalue weighted by atomic mass is 19.1. The van der Waals surface area contributed by atoms with Crippen molar-refractivity contribution in [2.75, 3.05) is 39.3 Å². The molecule has 36 heavy (non-hydrogen) atoms. The number of hydrogen-bond acceptors (Lipinski definition) is 5. The molecule has 7 nitrogen and oxygen atoms in total. The van der Waals surface area contributed by atoms with Crippen molar-refractivity contribution in [2.45, 2.75) is 44.2 Å². The number of benzene rings is 2. The molecule has 8 heteroatoms. The fourth-order valence-corrected chi connectivity index (χ4v) is 4.79. The second kappa shape index (κ2) is 12.1. The number of halogens is 1. The molecular weight excluding hydrogens is 457 g/mol. The largest absolute Gasteiger partial charge is 0.340 e. The zero-order valence-corrected chi connectivity index (χ0v) is 20.8. The van der Waals surface area contributed by atoms with Gasteiger partial charge in [-0.2, -0.15) is 5.26 Å². The lowest BCUT2D eigenvalue weighted by Gasteiger charge is -2.36. The van der Waals surface area contributed by atoms with Crippen molar-refractivity contribution in [1.82, 2.24) is 20.4 Å². The van der Waals surface area contributed by atoms with Crippen LogP contribution in [-0.2, 0) is 4.79 Å². The summed E-state index contributed by atoms with van der Waals surface area (Å²) in [6.07, 6.45) is 2.30. The number of carbonyl (C=O) groups excluding carboxylic acids is 2. The first-order chi connectivity index (χ1) is 17.5. The number of nitrogens with one attached hydrogen (secondary N) is 2. The van der Waals surface area contributed by atoms with Crippen molar-refractivity contribution < 1.29 is 14.0 Å². The molecule has 2 aliphatic rings. The first kappa shape index (κ1) is 25.8. The Kier molecular flexibility index (Phi) is 8.68. The number of likely N-dealkylation sites (N-methyl/N-ethyl adjacent to an activating group) is 1. The lowest BCUT2D eigenvalue weighted by molar-refractivity contribution is -0.135. The van der Waals surface area contributed by atoms with Crippen LogP contribution in [0.15, 0.2) is 48.5 Å². The Morgan fingerprint density at radius 1 is 1.08 bits per heavy atom. The summed E-state index contributed by atoms with van der Waals surface area (Å²) in [7, 11) is 0. The van der Waals surface area contributed by atoms with Crippen molar-refractivity contribution in [3.8, 4) is 6.07 Å². The van der Waals surface area contributed by atoms with E-state index in [-0.39, 0.29) is 17.6 Å². The van der Waals surface area contributed by atoms with Crippen molar-refractivity contribution in [1.29, 1.82) is 5.26 Å². The van der Waals surface area contributed by atoms with Crippen molar-refractivity contribution in [3.63, 3.8) is 0 Å². The highest BCUT2D eigenvalue weighted by Gasteiger charge is 2.37. The maximum absolute atomic E-state index is 13.4. The molecule has 1 saturated carbocycles. The molecule has 2 N–H and O–H groups in total. The van der Waals surface area contributed by atoms with Crippen LogP contribution in [0.25, 0.3) is 0 Å². The van der Waals surface area contributed by atoms with Gasteiger partial charge in [0.25, 0.3) is 5.91 Å². The summed E-state index contributed by atoms with van der Waals surface area (Å²) in [5.41, 5.74) is 2.06. The predicted molar refractivity (Wildman–Crippen MR) is 136 cm³/mol. The quantitative estimate of drug-likeness (QED) is 0.499. The van der Waals surface area contributed by atoms with E-state index in [4.69, 9.17) is 5.26 Å². The highest BCUT2D eigenvalue weighted by Crippen LogP contribution is 2.40. The molecule has 2 aromatic carbocycles. The Labute approximate surface area is 212 Å². The lowest BCUT2D eigenvalue weighted by atomic mass is 10.1. The van der Waals surface area contributed by atoms with E-state index in [0.717, 1.165) is 44.6 Å². The molecule has 3 atom stereocenters. The van der Waals surface area contributed by atoms with Gasteiger partial charge in [0.1, 0.15) is 11.9 Å². The van der Waals surface area contributed by atoms with E-state index in [1.807, 2.05) is 23.1 Å². The molecule has 0 radical (unpaired) electrons. The minimum Gasteiger partial charge on any atom is -0.340 e. The van der Waals surface area contributed by atoms with Gasteiger partial charge >= 0.3 is 0 Å². The second-order valence-corrected chi connectivity index (χ2v) is 9.57. The molecule has 1 saturated heterocycles. The normalized spacial score (nSPS) is 20.4. The molecule has 0 spiro atoms. The monoisotopic (exact) mass is 491 g/mol. The van der Waals surface area contributed by atoms with E-state index >= 15 is 0 Å².